The molecule has 1 N–H and O–H groups in total. The molecule has 1 saturated heterocycles. The van der Waals surface area contributed by atoms with Gasteiger partial charge in [0.1, 0.15) is 0 Å². The first-order valence-corrected chi connectivity index (χ1v) is 8.78. The third kappa shape index (κ3) is 3.08. The second kappa shape index (κ2) is 6.54. The first-order valence-electron chi connectivity index (χ1n) is 7.34. The number of aromatic carboxylic acids is 1. The van der Waals surface area contributed by atoms with Crippen molar-refractivity contribution in [3.63, 3.8) is 0 Å². The van der Waals surface area contributed by atoms with Crippen LogP contribution in [0, 0.1) is 0 Å². The van der Waals surface area contributed by atoms with Crippen molar-refractivity contribution in [2.75, 3.05) is 31.1 Å². The molecule has 1 aliphatic rings. The summed E-state index contributed by atoms with van der Waals surface area (Å²) in [6.07, 6.45) is 3.27. The minimum atomic E-state index is -3.86. The summed E-state index contributed by atoms with van der Waals surface area (Å²) in [5.41, 5.74) is -0.216. The first-order chi connectivity index (χ1) is 11.5. The third-order valence-corrected chi connectivity index (χ3v) is 5.77. The Morgan fingerprint density at radius 2 is 1.62 bits per heavy atom. The van der Waals surface area contributed by atoms with Crippen LogP contribution in [0.1, 0.15) is 10.4 Å². The summed E-state index contributed by atoms with van der Waals surface area (Å²) in [6.45, 7) is 1.38. The maximum Gasteiger partial charge on any atom is 0.337 e. The molecule has 0 radical (unpaired) electrons. The predicted octanol–water partition coefficient (Wildman–Crippen LogP) is 0.686. The molecule has 0 saturated carbocycles. The van der Waals surface area contributed by atoms with Crippen LogP contribution in [0.15, 0.2) is 47.6 Å². The van der Waals surface area contributed by atoms with Gasteiger partial charge in [-0.25, -0.2) is 23.2 Å². The fourth-order valence-electron chi connectivity index (χ4n) is 2.59. The SMILES string of the molecule is O=C(O)c1ccccc1S(=O)(=O)N1CCN(c2ncccn2)CC1. The second-order valence-corrected chi connectivity index (χ2v) is 7.15. The van der Waals surface area contributed by atoms with Gasteiger partial charge in [-0.3, -0.25) is 0 Å². The van der Waals surface area contributed by atoms with Crippen LogP contribution in [0.4, 0.5) is 5.95 Å². The highest BCUT2D eigenvalue weighted by Crippen LogP contribution is 2.22. The van der Waals surface area contributed by atoms with E-state index in [1.165, 1.54) is 28.6 Å². The lowest BCUT2D eigenvalue weighted by atomic mass is 10.2. The van der Waals surface area contributed by atoms with Crippen LogP contribution in [0.2, 0.25) is 0 Å². The van der Waals surface area contributed by atoms with Gasteiger partial charge >= 0.3 is 5.97 Å². The fourth-order valence-corrected chi connectivity index (χ4v) is 4.20. The summed E-state index contributed by atoms with van der Waals surface area (Å²) in [5, 5.41) is 9.21. The van der Waals surface area contributed by atoms with Crippen molar-refractivity contribution < 1.29 is 18.3 Å². The largest absolute Gasteiger partial charge is 0.478 e. The van der Waals surface area contributed by atoms with Crippen molar-refractivity contribution in [3.05, 3.63) is 48.3 Å². The Kier molecular flexibility index (Phi) is 4.45. The number of aromatic nitrogens is 2. The molecule has 3 rings (SSSR count). The van der Waals surface area contributed by atoms with Crippen molar-refractivity contribution in [1.82, 2.24) is 14.3 Å². The molecule has 126 valence electrons. The Hall–Kier alpha value is -2.52. The number of rotatable bonds is 4. The van der Waals surface area contributed by atoms with Crippen LogP contribution >= 0.6 is 0 Å². The van der Waals surface area contributed by atoms with Crippen LogP contribution in [-0.4, -0.2) is 59.9 Å². The predicted molar refractivity (Wildman–Crippen MR) is 86.4 cm³/mol. The minimum absolute atomic E-state index is 0.179. The van der Waals surface area contributed by atoms with E-state index in [1.807, 2.05) is 4.90 Å². The van der Waals surface area contributed by atoms with E-state index in [0.717, 1.165) is 0 Å². The normalized spacial score (nSPS) is 16.1. The van der Waals surface area contributed by atoms with Crippen LogP contribution in [0.3, 0.4) is 0 Å². The highest BCUT2D eigenvalue weighted by molar-refractivity contribution is 7.89. The average molecular weight is 348 g/mol. The number of carboxylic acids is 1. The number of nitrogens with zero attached hydrogens (tertiary/aromatic N) is 4. The molecule has 1 fully saturated rings. The quantitative estimate of drug-likeness (QED) is 0.867. The third-order valence-electron chi connectivity index (χ3n) is 3.81. The highest BCUT2D eigenvalue weighted by atomic mass is 32.2. The number of carbonyl (C=O) groups is 1. The van der Waals surface area contributed by atoms with E-state index >= 15 is 0 Å². The highest BCUT2D eigenvalue weighted by Gasteiger charge is 2.31. The number of benzene rings is 1. The number of piperazine rings is 1. The second-order valence-electron chi connectivity index (χ2n) is 5.24. The molecular formula is C15H16N4O4S. The molecule has 2 heterocycles. The van der Waals surface area contributed by atoms with E-state index in [4.69, 9.17) is 0 Å². The molecule has 0 aliphatic carbocycles. The van der Waals surface area contributed by atoms with Gasteiger partial charge in [0.2, 0.25) is 16.0 Å². The summed E-state index contributed by atoms with van der Waals surface area (Å²) in [4.78, 5) is 21.3. The molecule has 2 aromatic rings. The Morgan fingerprint density at radius 3 is 2.25 bits per heavy atom. The van der Waals surface area contributed by atoms with Crippen molar-refractivity contribution in [2.45, 2.75) is 4.90 Å². The van der Waals surface area contributed by atoms with Gasteiger partial charge in [-0.15, -0.1) is 0 Å². The van der Waals surface area contributed by atoms with Gasteiger partial charge in [0.15, 0.2) is 0 Å². The number of anilines is 1. The van der Waals surface area contributed by atoms with E-state index in [1.54, 1.807) is 18.5 Å². The molecule has 9 heteroatoms. The number of hydrogen-bond acceptors (Lipinski definition) is 6. The Balaban J connectivity index is 1.80. The van der Waals surface area contributed by atoms with Gasteiger partial charge in [0.25, 0.3) is 0 Å². The molecule has 1 aliphatic heterocycles. The monoisotopic (exact) mass is 348 g/mol. The van der Waals surface area contributed by atoms with Gasteiger partial charge in [-0.05, 0) is 18.2 Å². The average Bonchev–Trinajstić information content (AvgIpc) is 2.62. The number of hydrogen-bond donors (Lipinski definition) is 1. The van der Waals surface area contributed by atoms with Crippen LogP contribution in [-0.2, 0) is 10.0 Å². The van der Waals surface area contributed by atoms with E-state index in [9.17, 15) is 18.3 Å². The minimum Gasteiger partial charge on any atom is -0.478 e. The summed E-state index contributed by atoms with van der Waals surface area (Å²) in [6, 6.07) is 7.36. The standard InChI is InChI=1S/C15H16N4O4S/c20-14(21)12-4-1-2-5-13(12)24(22,23)19-10-8-18(9-11-19)15-16-6-3-7-17-15/h1-7H,8-11H2,(H,20,21). The molecule has 1 aromatic heterocycles. The summed E-state index contributed by atoms with van der Waals surface area (Å²) in [5.74, 6) is -0.703. The van der Waals surface area contributed by atoms with Gasteiger partial charge in [0, 0.05) is 38.6 Å². The zero-order chi connectivity index (χ0) is 17.2. The lowest BCUT2D eigenvalue weighted by Gasteiger charge is -2.34. The van der Waals surface area contributed by atoms with Crippen LogP contribution in [0.5, 0.6) is 0 Å². The molecule has 8 nitrogen and oxygen atoms in total. The number of sulfonamides is 1. The maximum atomic E-state index is 12.8. The Bertz CT molecular complexity index is 834. The molecule has 0 unspecified atom stereocenters. The summed E-state index contributed by atoms with van der Waals surface area (Å²) >= 11 is 0. The van der Waals surface area contributed by atoms with Crippen LogP contribution in [0.25, 0.3) is 0 Å². The molecule has 0 bridgehead atoms. The Morgan fingerprint density at radius 1 is 1.00 bits per heavy atom. The van der Waals surface area contributed by atoms with E-state index in [0.29, 0.717) is 19.0 Å². The first kappa shape index (κ1) is 16.3. The van der Waals surface area contributed by atoms with Crippen molar-refractivity contribution >= 4 is 21.9 Å². The van der Waals surface area contributed by atoms with E-state index in [-0.39, 0.29) is 23.5 Å². The van der Waals surface area contributed by atoms with Gasteiger partial charge in [-0.1, -0.05) is 12.1 Å². The topological polar surface area (TPSA) is 104 Å². The van der Waals surface area contributed by atoms with Gasteiger partial charge in [0.05, 0.1) is 10.5 Å². The molecule has 0 atom stereocenters. The lowest BCUT2D eigenvalue weighted by molar-refractivity contribution is 0.0692. The summed E-state index contributed by atoms with van der Waals surface area (Å²) < 4.78 is 26.8. The van der Waals surface area contributed by atoms with Gasteiger partial charge < -0.3 is 10.0 Å². The fraction of sp³-hybridized carbons (Fsp3) is 0.267. The molecule has 0 amide bonds. The van der Waals surface area contributed by atoms with Gasteiger partial charge in [-0.2, -0.15) is 4.31 Å². The molecular weight excluding hydrogens is 332 g/mol. The Labute approximate surface area is 139 Å². The smallest absolute Gasteiger partial charge is 0.337 e. The maximum absolute atomic E-state index is 12.8. The van der Waals surface area contributed by atoms with Crippen LogP contribution < -0.4 is 4.90 Å². The molecule has 1 aromatic carbocycles. The van der Waals surface area contributed by atoms with Crippen molar-refractivity contribution in [3.8, 4) is 0 Å². The molecule has 0 spiro atoms. The molecule has 24 heavy (non-hydrogen) atoms. The zero-order valence-electron chi connectivity index (χ0n) is 12.7. The van der Waals surface area contributed by atoms with Crippen molar-refractivity contribution in [1.29, 1.82) is 0 Å². The number of carboxylic acid groups (broad SMARTS) is 1. The van der Waals surface area contributed by atoms with E-state index in [2.05, 4.69) is 9.97 Å². The lowest BCUT2D eigenvalue weighted by Crippen LogP contribution is -2.49. The van der Waals surface area contributed by atoms with E-state index < -0.39 is 16.0 Å². The van der Waals surface area contributed by atoms with Crippen molar-refractivity contribution in [2.24, 2.45) is 0 Å². The summed E-state index contributed by atoms with van der Waals surface area (Å²) in [7, 11) is -3.86. The zero-order valence-corrected chi connectivity index (χ0v) is 13.6.